The number of hydrogen-bond donors (Lipinski definition) is 1. The van der Waals surface area contributed by atoms with E-state index in [4.69, 9.17) is 23.2 Å². The van der Waals surface area contributed by atoms with Gasteiger partial charge in [-0.25, -0.2) is 0 Å². The fraction of sp³-hybridized carbons (Fsp3) is 0.600. The molecule has 19 heavy (non-hydrogen) atoms. The Morgan fingerprint density at radius 1 is 1.26 bits per heavy atom. The van der Waals surface area contributed by atoms with Gasteiger partial charge in [-0.2, -0.15) is 0 Å². The smallest absolute Gasteiger partial charge is 0.0649 e. The fourth-order valence-electron chi connectivity index (χ4n) is 3.20. The number of rotatable bonds is 3. The van der Waals surface area contributed by atoms with Crippen molar-refractivity contribution in [3.05, 3.63) is 33.8 Å². The quantitative estimate of drug-likeness (QED) is 0.919. The third-order valence-electron chi connectivity index (χ3n) is 4.08. The molecule has 0 radical (unpaired) electrons. The van der Waals surface area contributed by atoms with Gasteiger partial charge < -0.3 is 10.0 Å². The van der Waals surface area contributed by atoms with Gasteiger partial charge in [0.2, 0.25) is 0 Å². The van der Waals surface area contributed by atoms with E-state index in [2.05, 4.69) is 4.90 Å². The van der Waals surface area contributed by atoms with Crippen LogP contribution in [0.2, 0.25) is 10.0 Å². The van der Waals surface area contributed by atoms with Crippen LogP contribution >= 0.6 is 23.2 Å². The predicted molar refractivity (Wildman–Crippen MR) is 81.2 cm³/mol. The van der Waals surface area contributed by atoms with Gasteiger partial charge in [-0.3, -0.25) is 0 Å². The normalized spacial score (nSPS) is 27.8. The molecule has 0 bridgehead atoms. The molecular formula is C15H21Cl2NO. The zero-order valence-electron chi connectivity index (χ0n) is 11.5. The van der Waals surface area contributed by atoms with Crippen LogP contribution in [0.1, 0.15) is 31.2 Å². The fourth-order valence-corrected chi connectivity index (χ4v) is 3.50. The Morgan fingerprint density at radius 3 is 2.58 bits per heavy atom. The first-order valence-electron chi connectivity index (χ1n) is 6.74. The van der Waals surface area contributed by atoms with Gasteiger partial charge in [-0.05, 0) is 44.6 Å². The van der Waals surface area contributed by atoms with E-state index in [0.29, 0.717) is 10.0 Å². The van der Waals surface area contributed by atoms with Crippen molar-refractivity contribution in [2.75, 3.05) is 20.6 Å². The van der Waals surface area contributed by atoms with Crippen LogP contribution in [0.5, 0.6) is 0 Å². The van der Waals surface area contributed by atoms with Gasteiger partial charge >= 0.3 is 0 Å². The van der Waals surface area contributed by atoms with Crippen LogP contribution in [-0.4, -0.2) is 36.8 Å². The lowest BCUT2D eigenvalue weighted by Crippen LogP contribution is -2.49. The first kappa shape index (κ1) is 15.1. The number of likely N-dealkylation sites (N-methyl/N-ethyl adjacent to an activating group) is 1. The minimum Gasteiger partial charge on any atom is -0.392 e. The summed E-state index contributed by atoms with van der Waals surface area (Å²) in [4.78, 5) is 2.14. The van der Waals surface area contributed by atoms with E-state index in [-0.39, 0.29) is 11.5 Å². The molecule has 1 N–H and O–H groups in total. The minimum absolute atomic E-state index is 0.226. The van der Waals surface area contributed by atoms with Crippen LogP contribution in [0.3, 0.4) is 0 Å². The summed E-state index contributed by atoms with van der Waals surface area (Å²) in [5, 5.41) is 11.7. The number of hydrogen-bond acceptors (Lipinski definition) is 2. The van der Waals surface area contributed by atoms with Crippen molar-refractivity contribution in [1.82, 2.24) is 4.90 Å². The maximum Gasteiger partial charge on any atom is 0.0649 e. The second kappa shape index (κ2) is 6.01. The molecule has 2 rings (SSSR count). The molecule has 0 heterocycles. The monoisotopic (exact) mass is 301 g/mol. The molecule has 4 heteroatoms. The molecule has 1 aliphatic rings. The van der Waals surface area contributed by atoms with Crippen LogP contribution < -0.4 is 0 Å². The third kappa shape index (κ3) is 3.08. The summed E-state index contributed by atoms with van der Waals surface area (Å²) in [6, 6.07) is 5.76. The van der Waals surface area contributed by atoms with Crippen LogP contribution in [0.15, 0.2) is 18.2 Å². The van der Waals surface area contributed by atoms with Gasteiger partial charge in [-0.1, -0.05) is 42.1 Å². The molecule has 1 aromatic rings. The lowest BCUT2D eigenvalue weighted by Gasteiger charge is -2.44. The molecule has 2 nitrogen and oxygen atoms in total. The summed E-state index contributed by atoms with van der Waals surface area (Å²) in [6.07, 6.45) is 3.77. The van der Waals surface area contributed by atoms with Crippen LogP contribution in [-0.2, 0) is 5.41 Å². The lowest BCUT2D eigenvalue weighted by atomic mass is 9.67. The van der Waals surface area contributed by atoms with Crippen LogP contribution in [0, 0.1) is 0 Å². The van der Waals surface area contributed by atoms with Gasteiger partial charge in [0, 0.05) is 12.0 Å². The molecule has 1 saturated carbocycles. The van der Waals surface area contributed by atoms with E-state index in [1.807, 2.05) is 32.3 Å². The van der Waals surface area contributed by atoms with Gasteiger partial charge in [0.15, 0.2) is 0 Å². The standard InChI is InChI=1S/C15H21Cl2NO/c1-18(2)10-15(8-4-3-5-14(15)19)11-6-7-12(16)13(17)9-11/h6-7,9,14,19H,3-5,8,10H2,1-2H3. The average Bonchev–Trinajstić information content (AvgIpc) is 2.35. The lowest BCUT2D eigenvalue weighted by molar-refractivity contribution is 0.0264. The number of halogens is 2. The Hall–Kier alpha value is -0.280. The second-order valence-corrected chi connectivity index (χ2v) is 6.60. The summed E-state index contributed by atoms with van der Waals surface area (Å²) in [6.45, 7) is 0.826. The summed E-state index contributed by atoms with van der Waals surface area (Å²) in [7, 11) is 4.08. The van der Waals surface area contributed by atoms with E-state index in [1.54, 1.807) is 0 Å². The number of aliphatic hydroxyl groups is 1. The average molecular weight is 302 g/mol. The van der Waals surface area contributed by atoms with Gasteiger partial charge in [0.05, 0.1) is 16.1 Å². The van der Waals surface area contributed by atoms with Crippen molar-refractivity contribution in [3.63, 3.8) is 0 Å². The van der Waals surface area contributed by atoms with Gasteiger partial charge in [-0.15, -0.1) is 0 Å². The first-order chi connectivity index (χ1) is 8.95. The SMILES string of the molecule is CN(C)CC1(c2ccc(Cl)c(Cl)c2)CCCCC1O. The molecule has 0 saturated heterocycles. The Kier molecular flexibility index (Phi) is 4.78. The molecule has 2 atom stereocenters. The number of benzene rings is 1. The Morgan fingerprint density at radius 2 is 2.00 bits per heavy atom. The summed E-state index contributed by atoms with van der Waals surface area (Å²) >= 11 is 12.2. The second-order valence-electron chi connectivity index (χ2n) is 5.78. The summed E-state index contributed by atoms with van der Waals surface area (Å²) < 4.78 is 0. The molecule has 0 amide bonds. The Labute approximate surface area is 125 Å². The molecule has 1 fully saturated rings. The van der Waals surface area contributed by atoms with E-state index in [0.717, 1.165) is 37.8 Å². The minimum atomic E-state index is -0.319. The highest BCUT2D eigenvalue weighted by Gasteiger charge is 2.41. The molecule has 0 aliphatic heterocycles. The molecule has 2 unspecified atom stereocenters. The first-order valence-corrected chi connectivity index (χ1v) is 7.49. The number of nitrogens with zero attached hydrogens (tertiary/aromatic N) is 1. The molecule has 0 spiro atoms. The molecular weight excluding hydrogens is 281 g/mol. The number of aliphatic hydroxyl groups excluding tert-OH is 1. The van der Waals surface area contributed by atoms with E-state index in [1.165, 1.54) is 0 Å². The van der Waals surface area contributed by atoms with Gasteiger partial charge in [0.1, 0.15) is 0 Å². The molecule has 1 aliphatic carbocycles. The highest BCUT2D eigenvalue weighted by molar-refractivity contribution is 6.42. The van der Waals surface area contributed by atoms with Crippen molar-refractivity contribution in [1.29, 1.82) is 0 Å². The maximum absolute atomic E-state index is 10.6. The zero-order valence-corrected chi connectivity index (χ0v) is 13.0. The largest absolute Gasteiger partial charge is 0.392 e. The third-order valence-corrected chi connectivity index (χ3v) is 4.82. The highest BCUT2D eigenvalue weighted by atomic mass is 35.5. The summed E-state index contributed by atoms with van der Waals surface area (Å²) in [5.41, 5.74) is 0.874. The predicted octanol–water partition coefficient (Wildman–Crippen LogP) is 3.73. The van der Waals surface area contributed by atoms with Crippen molar-refractivity contribution >= 4 is 23.2 Å². The van der Waals surface area contributed by atoms with Crippen molar-refractivity contribution in [2.24, 2.45) is 0 Å². The Bertz CT molecular complexity index is 450. The van der Waals surface area contributed by atoms with Crippen LogP contribution in [0.4, 0.5) is 0 Å². The van der Waals surface area contributed by atoms with Gasteiger partial charge in [0.25, 0.3) is 0 Å². The van der Waals surface area contributed by atoms with Crippen molar-refractivity contribution in [3.8, 4) is 0 Å². The maximum atomic E-state index is 10.6. The van der Waals surface area contributed by atoms with E-state index in [9.17, 15) is 5.11 Å². The molecule has 0 aromatic heterocycles. The van der Waals surface area contributed by atoms with E-state index >= 15 is 0 Å². The van der Waals surface area contributed by atoms with Crippen molar-refractivity contribution < 1.29 is 5.11 Å². The van der Waals surface area contributed by atoms with E-state index < -0.39 is 0 Å². The molecule has 106 valence electrons. The Balaban J connectivity index is 2.43. The zero-order chi connectivity index (χ0) is 14.0. The highest BCUT2D eigenvalue weighted by Crippen LogP contribution is 2.41. The molecule has 1 aromatic carbocycles. The van der Waals surface area contributed by atoms with Crippen molar-refractivity contribution in [2.45, 2.75) is 37.2 Å². The van der Waals surface area contributed by atoms with Crippen LogP contribution in [0.25, 0.3) is 0 Å². The topological polar surface area (TPSA) is 23.5 Å². The summed E-state index contributed by atoms with van der Waals surface area (Å²) in [5.74, 6) is 0.